The Morgan fingerprint density at radius 1 is 0.667 bits per heavy atom. The minimum absolute atomic E-state index is 0.678. The van der Waals surface area contributed by atoms with Gasteiger partial charge < -0.3 is 9.64 Å². The Labute approximate surface area is 144 Å². The van der Waals surface area contributed by atoms with Gasteiger partial charge in [0.2, 0.25) is 0 Å². The van der Waals surface area contributed by atoms with Crippen LogP contribution in [0, 0.1) is 0 Å². The van der Waals surface area contributed by atoms with E-state index in [1.807, 2.05) is 18.2 Å². The zero-order valence-electron chi connectivity index (χ0n) is 14.3. The maximum absolute atomic E-state index is 6.05. The second kappa shape index (κ2) is 7.80. The summed E-state index contributed by atoms with van der Waals surface area (Å²) in [6, 6.07) is 27.3. The highest BCUT2D eigenvalue weighted by Gasteiger charge is 2.11. The summed E-state index contributed by atoms with van der Waals surface area (Å²) < 4.78 is 6.05. The molecular weight excluding hydrogens is 294 g/mol. The summed E-state index contributed by atoms with van der Waals surface area (Å²) in [5.74, 6) is 0.933. The summed E-state index contributed by atoms with van der Waals surface area (Å²) in [6.07, 6.45) is 0. The van der Waals surface area contributed by atoms with E-state index in [0.717, 1.165) is 17.9 Å². The van der Waals surface area contributed by atoms with Gasteiger partial charge in [-0.15, -0.1) is 0 Å². The Kier molecular flexibility index (Phi) is 5.29. The molecule has 122 valence electrons. The van der Waals surface area contributed by atoms with Crippen LogP contribution in [0.3, 0.4) is 0 Å². The van der Waals surface area contributed by atoms with Crippen molar-refractivity contribution in [3.8, 4) is 28.0 Å². The van der Waals surface area contributed by atoms with Crippen LogP contribution in [0.15, 0.2) is 78.9 Å². The molecular formula is C22H23NO. The molecule has 3 rings (SSSR count). The number of hydrogen-bond donors (Lipinski definition) is 0. The number of nitrogens with zero attached hydrogens (tertiary/aromatic N) is 1. The molecule has 0 unspecified atom stereocenters. The van der Waals surface area contributed by atoms with Crippen molar-refractivity contribution < 1.29 is 4.74 Å². The predicted octanol–water partition coefficient (Wildman–Crippen LogP) is 4.96. The molecule has 0 heterocycles. The first-order chi connectivity index (χ1) is 11.8. The zero-order chi connectivity index (χ0) is 16.8. The van der Waals surface area contributed by atoms with Gasteiger partial charge in [0.25, 0.3) is 0 Å². The lowest BCUT2D eigenvalue weighted by Crippen LogP contribution is -2.19. The molecule has 0 amide bonds. The van der Waals surface area contributed by atoms with Crippen LogP contribution >= 0.6 is 0 Å². The molecule has 0 saturated heterocycles. The van der Waals surface area contributed by atoms with Gasteiger partial charge in [-0.3, -0.25) is 0 Å². The van der Waals surface area contributed by atoms with Crippen LogP contribution in [-0.4, -0.2) is 32.1 Å². The van der Waals surface area contributed by atoms with Crippen LogP contribution in [0.1, 0.15) is 0 Å². The molecule has 3 aromatic carbocycles. The summed E-state index contributed by atoms with van der Waals surface area (Å²) in [4.78, 5) is 2.13. The van der Waals surface area contributed by atoms with Gasteiger partial charge in [0.1, 0.15) is 12.4 Å². The quantitative estimate of drug-likeness (QED) is 0.637. The average Bonchev–Trinajstić information content (AvgIpc) is 2.63. The smallest absolute Gasteiger partial charge is 0.127 e. The fraction of sp³-hybridized carbons (Fsp3) is 0.182. The van der Waals surface area contributed by atoms with Gasteiger partial charge in [-0.1, -0.05) is 72.8 Å². The molecule has 0 bridgehead atoms. The molecule has 0 spiro atoms. The Morgan fingerprint density at radius 2 is 1.25 bits per heavy atom. The summed E-state index contributed by atoms with van der Waals surface area (Å²) in [6.45, 7) is 1.58. The molecule has 0 aromatic heterocycles. The van der Waals surface area contributed by atoms with E-state index < -0.39 is 0 Å². The summed E-state index contributed by atoms with van der Waals surface area (Å²) in [7, 11) is 4.11. The number of ether oxygens (including phenoxy) is 1. The van der Waals surface area contributed by atoms with Crippen molar-refractivity contribution in [2.24, 2.45) is 0 Å². The average molecular weight is 317 g/mol. The lowest BCUT2D eigenvalue weighted by molar-refractivity contribution is 0.262. The lowest BCUT2D eigenvalue weighted by atomic mass is 9.94. The fourth-order valence-electron chi connectivity index (χ4n) is 2.74. The topological polar surface area (TPSA) is 12.5 Å². The van der Waals surface area contributed by atoms with Crippen molar-refractivity contribution in [3.63, 3.8) is 0 Å². The first kappa shape index (κ1) is 16.3. The van der Waals surface area contributed by atoms with Crippen LogP contribution in [0.2, 0.25) is 0 Å². The summed E-state index contributed by atoms with van der Waals surface area (Å²) in [5.41, 5.74) is 4.78. The Balaban J connectivity index is 1.98. The van der Waals surface area contributed by atoms with Crippen LogP contribution in [0.25, 0.3) is 22.3 Å². The first-order valence-electron chi connectivity index (χ1n) is 8.27. The van der Waals surface area contributed by atoms with Crippen molar-refractivity contribution in [1.29, 1.82) is 0 Å². The van der Waals surface area contributed by atoms with Crippen molar-refractivity contribution in [2.45, 2.75) is 0 Å². The normalized spacial score (nSPS) is 10.8. The van der Waals surface area contributed by atoms with Gasteiger partial charge in [-0.2, -0.15) is 0 Å². The molecule has 3 aromatic rings. The van der Waals surface area contributed by atoms with E-state index in [4.69, 9.17) is 4.74 Å². The fourth-order valence-corrected chi connectivity index (χ4v) is 2.74. The number of benzene rings is 3. The van der Waals surface area contributed by atoms with E-state index >= 15 is 0 Å². The molecule has 0 atom stereocenters. The van der Waals surface area contributed by atoms with Gasteiger partial charge >= 0.3 is 0 Å². The Hall–Kier alpha value is -2.58. The van der Waals surface area contributed by atoms with Crippen molar-refractivity contribution in [2.75, 3.05) is 27.2 Å². The number of rotatable bonds is 6. The number of para-hydroxylation sites is 1. The molecule has 0 N–H and O–H groups in total. The molecule has 24 heavy (non-hydrogen) atoms. The molecule has 0 aliphatic heterocycles. The standard InChI is InChI=1S/C22H23NO/c1-23(2)16-17-24-22-15-9-8-14-21(22)20-13-7-6-12-19(20)18-10-4-3-5-11-18/h3-15H,16-17H2,1-2H3. The summed E-state index contributed by atoms with van der Waals surface area (Å²) >= 11 is 0. The number of likely N-dealkylation sites (N-methyl/N-ethyl adjacent to an activating group) is 1. The highest BCUT2D eigenvalue weighted by molar-refractivity contribution is 5.85. The molecule has 0 radical (unpaired) electrons. The molecule has 2 heteroatoms. The first-order valence-corrected chi connectivity index (χ1v) is 8.27. The molecule has 0 aliphatic rings. The van der Waals surface area contributed by atoms with E-state index in [1.54, 1.807) is 0 Å². The van der Waals surface area contributed by atoms with Gasteiger partial charge in [0, 0.05) is 12.1 Å². The third-order valence-electron chi connectivity index (χ3n) is 3.99. The van der Waals surface area contributed by atoms with Gasteiger partial charge in [0.05, 0.1) is 0 Å². The molecule has 0 fully saturated rings. The molecule has 2 nitrogen and oxygen atoms in total. The minimum Gasteiger partial charge on any atom is -0.492 e. The third kappa shape index (κ3) is 3.84. The Bertz CT molecular complexity index is 781. The van der Waals surface area contributed by atoms with Crippen LogP contribution in [0.5, 0.6) is 5.75 Å². The van der Waals surface area contributed by atoms with E-state index in [-0.39, 0.29) is 0 Å². The predicted molar refractivity (Wildman–Crippen MR) is 101 cm³/mol. The van der Waals surface area contributed by atoms with Crippen LogP contribution in [-0.2, 0) is 0 Å². The second-order valence-corrected chi connectivity index (χ2v) is 6.06. The van der Waals surface area contributed by atoms with Gasteiger partial charge in [0.15, 0.2) is 0 Å². The molecule has 0 saturated carbocycles. The van der Waals surface area contributed by atoms with Crippen molar-refractivity contribution in [3.05, 3.63) is 78.9 Å². The van der Waals surface area contributed by atoms with Crippen LogP contribution in [0.4, 0.5) is 0 Å². The monoisotopic (exact) mass is 317 g/mol. The third-order valence-corrected chi connectivity index (χ3v) is 3.99. The van der Waals surface area contributed by atoms with Crippen LogP contribution < -0.4 is 4.74 Å². The highest BCUT2D eigenvalue weighted by atomic mass is 16.5. The van der Waals surface area contributed by atoms with E-state index in [2.05, 4.69) is 79.7 Å². The zero-order valence-corrected chi connectivity index (χ0v) is 14.3. The maximum Gasteiger partial charge on any atom is 0.127 e. The van der Waals surface area contributed by atoms with Gasteiger partial charge in [-0.05, 0) is 36.9 Å². The van der Waals surface area contributed by atoms with Crippen molar-refractivity contribution in [1.82, 2.24) is 4.90 Å². The van der Waals surface area contributed by atoms with Gasteiger partial charge in [-0.25, -0.2) is 0 Å². The largest absolute Gasteiger partial charge is 0.492 e. The van der Waals surface area contributed by atoms with E-state index in [1.165, 1.54) is 16.7 Å². The van der Waals surface area contributed by atoms with E-state index in [0.29, 0.717) is 6.61 Å². The minimum atomic E-state index is 0.678. The maximum atomic E-state index is 6.05. The SMILES string of the molecule is CN(C)CCOc1ccccc1-c1ccccc1-c1ccccc1. The van der Waals surface area contributed by atoms with E-state index in [9.17, 15) is 0 Å². The molecule has 0 aliphatic carbocycles. The number of hydrogen-bond acceptors (Lipinski definition) is 2. The second-order valence-electron chi connectivity index (χ2n) is 6.06. The Morgan fingerprint density at radius 3 is 1.96 bits per heavy atom. The highest BCUT2D eigenvalue weighted by Crippen LogP contribution is 2.36. The van der Waals surface area contributed by atoms with Crippen molar-refractivity contribution >= 4 is 0 Å². The summed E-state index contributed by atoms with van der Waals surface area (Å²) in [5, 5.41) is 0. The lowest BCUT2D eigenvalue weighted by Gasteiger charge is -2.16.